The summed E-state index contributed by atoms with van der Waals surface area (Å²) in [5.74, 6) is 1.58. The van der Waals surface area contributed by atoms with Crippen molar-refractivity contribution in [3.8, 4) is 11.5 Å². The Morgan fingerprint density at radius 2 is 1.96 bits per heavy atom. The molecule has 0 unspecified atom stereocenters. The quantitative estimate of drug-likeness (QED) is 0.896. The van der Waals surface area contributed by atoms with Crippen molar-refractivity contribution in [3.05, 3.63) is 54.1 Å². The van der Waals surface area contributed by atoms with Gasteiger partial charge in [0.15, 0.2) is 0 Å². The maximum absolute atomic E-state index is 12.4. The summed E-state index contributed by atoms with van der Waals surface area (Å²) in [7, 11) is 1.65. The summed E-state index contributed by atoms with van der Waals surface area (Å²) in [5, 5.41) is 3.45. The fraction of sp³-hybridized carbons (Fsp3) is 0.381. The standard InChI is InChI=1S/C21H24N2O4/c1-25-17-7-8-18-19(13-17)27-21(15-22-18)9-11-23(12-10-21)20(24)26-14-16-5-3-2-4-6-16/h2-8,13,22H,9-12,14-15H2,1H3. The Balaban J connectivity index is 1.33. The van der Waals surface area contributed by atoms with E-state index in [-0.39, 0.29) is 11.7 Å². The second-order valence-electron chi connectivity index (χ2n) is 7.03. The van der Waals surface area contributed by atoms with Gasteiger partial charge in [0.25, 0.3) is 0 Å². The summed E-state index contributed by atoms with van der Waals surface area (Å²) in [6.07, 6.45) is 1.26. The number of likely N-dealkylation sites (tertiary alicyclic amines) is 1. The van der Waals surface area contributed by atoms with E-state index in [1.165, 1.54) is 0 Å². The molecule has 6 nitrogen and oxygen atoms in total. The van der Waals surface area contributed by atoms with Crippen molar-refractivity contribution < 1.29 is 19.0 Å². The van der Waals surface area contributed by atoms with Crippen LogP contribution in [0.4, 0.5) is 10.5 Å². The van der Waals surface area contributed by atoms with Gasteiger partial charge in [-0.25, -0.2) is 4.79 Å². The molecule has 2 aliphatic heterocycles. The number of nitrogens with one attached hydrogen (secondary N) is 1. The van der Waals surface area contributed by atoms with E-state index in [1.54, 1.807) is 12.0 Å². The highest BCUT2D eigenvalue weighted by molar-refractivity contribution is 5.68. The fourth-order valence-electron chi connectivity index (χ4n) is 3.57. The van der Waals surface area contributed by atoms with Gasteiger partial charge in [-0.2, -0.15) is 0 Å². The Morgan fingerprint density at radius 1 is 1.19 bits per heavy atom. The van der Waals surface area contributed by atoms with Crippen molar-refractivity contribution in [1.29, 1.82) is 0 Å². The normalized spacial score (nSPS) is 17.4. The number of carbonyl (C=O) groups excluding carboxylic acids is 1. The number of anilines is 1. The Morgan fingerprint density at radius 3 is 2.70 bits per heavy atom. The Labute approximate surface area is 159 Å². The lowest BCUT2D eigenvalue weighted by molar-refractivity contribution is 0.00394. The van der Waals surface area contributed by atoms with Gasteiger partial charge in [0.1, 0.15) is 23.7 Å². The Bertz CT molecular complexity index is 801. The Kier molecular flexibility index (Phi) is 4.79. The van der Waals surface area contributed by atoms with Gasteiger partial charge < -0.3 is 24.4 Å². The first-order chi connectivity index (χ1) is 13.2. The second-order valence-corrected chi connectivity index (χ2v) is 7.03. The van der Waals surface area contributed by atoms with Gasteiger partial charge in [0.2, 0.25) is 0 Å². The van der Waals surface area contributed by atoms with Crippen LogP contribution in [-0.2, 0) is 11.3 Å². The van der Waals surface area contributed by atoms with Crippen molar-refractivity contribution in [3.63, 3.8) is 0 Å². The van der Waals surface area contributed by atoms with Gasteiger partial charge in [0.05, 0.1) is 19.3 Å². The van der Waals surface area contributed by atoms with Crippen LogP contribution in [-0.4, -0.2) is 43.3 Å². The van der Waals surface area contributed by atoms with Crippen LogP contribution < -0.4 is 14.8 Å². The third-order valence-corrected chi connectivity index (χ3v) is 5.25. The van der Waals surface area contributed by atoms with Crippen molar-refractivity contribution in [1.82, 2.24) is 4.90 Å². The number of carbonyl (C=O) groups is 1. The smallest absolute Gasteiger partial charge is 0.410 e. The monoisotopic (exact) mass is 368 g/mol. The number of benzene rings is 2. The van der Waals surface area contributed by atoms with E-state index in [4.69, 9.17) is 14.2 Å². The van der Waals surface area contributed by atoms with E-state index in [0.717, 1.165) is 42.1 Å². The van der Waals surface area contributed by atoms with Crippen molar-refractivity contribution in [2.45, 2.75) is 25.0 Å². The van der Waals surface area contributed by atoms with E-state index in [1.807, 2.05) is 48.5 Å². The first-order valence-corrected chi connectivity index (χ1v) is 9.24. The van der Waals surface area contributed by atoms with Gasteiger partial charge in [-0.1, -0.05) is 30.3 Å². The third-order valence-electron chi connectivity index (χ3n) is 5.25. The minimum Gasteiger partial charge on any atom is -0.497 e. The molecule has 4 rings (SSSR count). The molecule has 0 aromatic heterocycles. The average molecular weight is 368 g/mol. The molecular weight excluding hydrogens is 344 g/mol. The molecule has 0 radical (unpaired) electrons. The number of rotatable bonds is 3. The van der Waals surface area contributed by atoms with Gasteiger partial charge in [-0.3, -0.25) is 0 Å². The minimum atomic E-state index is -0.296. The van der Waals surface area contributed by atoms with E-state index in [9.17, 15) is 4.79 Å². The first kappa shape index (κ1) is 17.5. The number of ether oxygens (including phenoxy) is 3. The van der Waals surface area contributed by atoms with E-state index < -0.39 is 0 Å². The van der Waals surface area contributed by atoms with Crippen LogP contribution in [0.15, 0.2) is 48.5 Å². The highest BCUT2D eigenvalue weighted by Gasteiger charge is 2.41. The molecule has 2 aliphatic rings. The molecule has 0 aliphatic carbocycles. The number of hydrogen-bond acceptors (Lipinski definition) is 5. The van der Waals surface area contributed by atoms with Crippen molar-refractivity contribution in [2.75, 3.05) is 32.1 Å². The maximum atomic E-state index is 12.4. The summed E-state index contributed by atoms with van der Waals surface area (Å²) >= 11 is 0. The van der Waals surface area contributed by atoms with Crippen LogP contribution in [0.2, 0.25) is 0 Å². The van der Waals surface area contributed by atoms with Crippen LogP contribution in [0.5, 0.6) is 11.5 Å². The number of methoxy groups -OCH3 is 1. The van der Waals surface area contributed by atoms with Crippen LogP contribution >= 0.6 is 0 Å². The van der Waals surface area contributed by atoms with E-state index >= 15 is 0 Å². The summed E-state index contributed by atoms with van der Waals surface area (Å²) in [6.45, 7) is 2.27. The summed E-state index contributed by atoms with van der Waals surface area (Å²) < 4.78 is 17.1. The maximum Gasteiger partial charge on any atom is 0.410 e. The van der Waals surface area contributed by atoms with Crippen LogP contribution in [0.3, 0.4) is 0 Å². The fourth-order valence-corrected chi connectivity index (χ4v) is 3.57. The minimum absolute atomic E-state index is 0.264. The molecule has 2 aromatic carbocycles. The second kappa shape index (κ2) is 7.39. The molecule has 2 aromatic rings. The lowest BCUT2D eigenvalue weighted by Crippen LogP contribution is -2.54. The predicted molar refractivity (Wildman–Crippen MR) is 102 cm³/mol. The number of hydrogen-bond donors (Lipinski definition) is 1. The van der Waals surface area contributed by atoms with E-state index in [2.05, 4.69) is 5.32 Å². The molecule has 1 spiro atoms. The molecule has 0 atom stereocenters. The topological polar surface area (TPSA) is 60.0 Å². The van der Waals surface area contributed by atoms with Gasteiger partial charge in [-0.05, 0) is 17.7 Å². The zero-order valence-corrected chi connectivity index (χ0v) is 15.4. The van der Waals surface area contributed by atoms with Crippen LogP contribution in [0.1, 0.15) is 18.4 Å². The number of nitrogens with zero attached hydrogens (tertiary/aromatic N) is 1. The summed E-state index contributed by atoms with van der Waals surface area (Å²) in [4.78, 5) is 14.1. The highest BCUT2D eigenvalue weighted by atomic mass is 16.6. The lowest BCUT2D eigenvalue weighted by atomic mass is 9.89. The van der Waals surface area contributed by atoms with Crippen LogP contribution in [0.25, 0.3) is 0 Å². The molecule has 6 heteroatoms. The molecule has 27 heavy (non-hydrogen) atoms. The number of fused-ring (bicyclic) bond motifs is 1. The molecule has 142 valence electrons. The zero-order chi connectivity index (χ0) is 18.7. The number of amides is 1. The molecule has 0 saturated carbocycles. The molecular formula is C21H24N2O4. The SMILES string of the molecule is COc1ccc2c(c1)OC1(CCN(C(=O)OCc3ccccc3)CC1)CN2. The van der Waals surface area contributed by atoms with Crippen LogP contribution in [0, 0.1) is 0 Å². The molecule has 1 fully saturated rings. The molecule has 2 heterocycles. The van der Waals surface area contributed by atoms with Gasteiger partial charge in [0, 0.05) is 32.0 Å². The number of piperidine rings is 1. The molecule has 1 N–H and O–H groups in total. The molecule has 1 amide bonds. The Hall–Kier alpha value is -2.89. The molecule has 0 bridgehead atoms. The average Bonchev–Trinajstić information content (AvgIpc) is 2.73. The largest absolute Gasteiger partial charge is 0.497 e. The summed E-state index contributed by atoms with van der Waals surface area (Å²) in [5.41, 5.74) is 1.67. The first-order valence-electron chi connectivity index (χ1n) is 9.24. The van der Waals surface area contributed by atoms with Gasteiger partial charge in [-0.15, -0.1) is 0 Å². The van der Waals surface area contributed by atoms with Gasteiger partial charge >= 0.3 is 6.09 Å². The molecule has 1 saturated heterocycles. The van der Waals surface area contributed by atoms with Crippen molar-refractivity contribution >= 4 is 11.8 Å². The highest BCUT2D eigenvalue weighted by Crippen LogP contribution is 2.39. The third kappa shape index (κ3) is 3.79. The lowest BCUT2D eigenvalue weighted by Gasteiger charge is -2.44. The predicted octanol–water partition coefficient (Wildman–Crippen LogP) is 3.67. The van der Waals surface area contributed by atoms with E-state index in [0.29, 0.717) is 19.7 Å². The summed E-state index contributed by atoms with van der Waals surface area (Å²) in [6, 6.07) is 15.5. The zero-order valence-electron chi connectivity index (χ0n) is 15.4. The van der Waals surface area contributed by atoms with Crippen molar-refractivity contribution in [2.24, 2.45) is 0 Å².